The number of H-pyrrole nitrogens is 1. The maximum Gasteiger partial charge on any atom is 0.435 e. The number of aromatic nitrogens is 2. The zero-order valence-corrected chi connectivity index (χ0v) is 31.7. The van der Waals surface area contributed by atoms with Gasteiger partial charge in [0.2, 0.25) is 11.4 Å². The smallest absolute Gasteiger partial charge is 0.435 e. The summed E-state index contributed by atoms with van der Waals surface area (Å²) in [5.74, 6) is -6.29. The fraction of sp³-hybridized carbons (Fsp3) is 0.200. The number of hydrogen-bond acceptors (Lipinski definition) is 10. The molecule has 0 spiro atoms. The van der Waals surface area contributed by atoms with Crippen LogP contribution >= 0.6 is 0 Å². The van der Waals surface area contributed by atoms with Gasteiger partial charge in [0.25, 0.3) is 0 Å². The minimum atomic E-state index is -5.21. The van der Waals surface area contributed by atoms with Gasteiger partial charge in [-0.25, -0.2) is 18.8 Å². The SMILES string of the molecule is COc1ccc(-c2c(C(F)(F)F)n[nH]c2[C@@]2(OC(=O)c3ccccc3)[C@@H](OC(=O)c3ccccc3)[C@H](F)[C@@H](COC(=O)c3ccccc3)O[C@]2(O)Cc2ccccc2)cc1. The van der Waals surface area contributed by atoms with Gasteiger partial charge in [0.05, 0.1) is 29.5 Å². The van der Waals surface area contributed by atoms with Crippen LogP contribution in [-0.4, -0.2) is 71.1 Å². The van der Waals surface area contributed by atoms with E-state index >= 15 is 17.6 Å². The van der Waals surface area contributed by atoms with Crippen LogP contribution in [0, 0.1) is 0 Å². The van der Waals surface area contributed by atoms with E-state index in [-0.39, 0.29) is 33.6 Å². The van der Waals surface area contributed by atoms with Crippen LogP contribution in [0.2, 0.25) is 0 Å². The second-order valence-corrected chi connectivity index (χ2v) is 13.7. The van der Waals surface area contributed by atoms with Gasteiger partial charge in [-0.2, -0.15) is 18.3 Å². The molecule has 1 aromatic heterocycles. The molecule has 0 bridgehead atoms. The predicted molar refractivity (Wildman–Crippen MR) is 206 cm³/mol. The number of nitrogens with one attached hydrogen (secondary N) is 1. The molecular formula is C45H36F4N2O9. The van der Waals surface area contributed by atoms with E-state index in [4.69, 9.17) is 23.7 Å². The molecule has 6 aromatic rings. The summed E-state index contributed by atoms with van der Waals surface area (Å²) in [4.78, 5) is 41.7. The summed E-state index contributed by atoms with van der Waals surface area (Å²) in [6.07, 6.45) is -13.2. The van der Waals surface area contributed by atoms with Crippen molar-refractivity contribution in [3.8, 4) is 16.9 Å². The van der Waals surface area contributed by atoms with Crippen molar-refractivity contribution in [2.75, 3.05) is 13.7 Å². The summed E-state index contributed by atoms with van der Waals surface area (Å²) in [6, 6.07) is 35.2. The molecule has 0 amide bonds. The highest BCUT2D eigenvalue weighted by molar-refractivity contribution is 5.91. The first-order valence-electron chi connectivity index (χ1n) is 18.5. The van der Waals surface area contributed by atoms with Crippen molar-refractivity contribution >= 4 is 17.9 Å². The molecule has 2 N–H and O–H groups in total. The maximum atomic E-state index is 17.9. The molecule has 5 atom stereocenters. The van der Waals surface area contributed by atoms with Crippen molar-refractivity contribution in [3.63, 3.8) is 0 Å². The Morgan fingerprint density at radius 2 is 1.27 bits per heavy atom. The highest BCUT2D eigenvalue weighted by Crippen LogP contribution is 2.54. The Morgan fingerprint density at radius 3 is 1.80 bits per heavy atom. The molecule has 15 heteroatoms. The normalized spacial score (nSPS) is 21.4. The van der Waals surface area contributed by atoms with E-state index in [2.05, 4.69) is 10.2 Å². The first-order chi connectivity index (χ1) is 28.8. The van der Waals surface area contributed by atoms with Gasteiger partial charge in [0, 0.05) is 12.0 Å². The van der Waals surface area contributed by atoms with Crippen LogP contribution in [0.15, 0.2) is 146 Å². The first kappa shape index (κ1) is 41.3. The number of esters is 3. The Balaban J connectivity index is 1.51. The van der Waals surface area contributed by atoms with E-state index in [1.165, 1.54) is 104 Å². The number of aromatic amines is 1. The lowest BCUT2D eigenvalue weighted by Gasteiger charge is -2.54. The van der Waals surface area contributed by atoms with E-state index in [9.17, 15) is 19.5 Å². The third kappa shape index (κ3) is 8.22. The lowest BCUT2D eigenvalue weighted by Crippen LogP contribution is -2.73. The Bertz CT molecular complexity index is 2420. The number of nitrogens with zero attached hydrogens (tertiary/aromatic N) is 1. The Kier molecular flexibility index (Phi) is 11.8. The van der Waals surface area contributed by atoms with E-state index < -0.39 is 83.8 Å². The number of rotatable bonds is 12. The highest BCUT2D eigenvalue weighted by Gasteiger charge is 2.72. The van der Waals surface area contributed by atoms with Gasteiger partial charge >= 0.3 is 24.1 Å². The van der Waals surface area contributed by atoms with E-state index in [1.807, 2.05) is 0 Å². The molecule has 11 nitrogen and oxygen atoms in total. The fourth-order valence-corrected chi connectivity index (χ4v) is 7.10. The van der Waals surface area contributed by atoms with Crippen molar-refractivity contribution in [2.24, 2.45) is 0 Å². The molecule has 2 heterocycles. The minimum Gasteiger partial charge on any atom is -0.497 e. The van der Waals surface area contributed by atoms with E-state index in [0.29, 0.717) is 0 Å². The average molecular weight is 825 g/mol. The summed E-state index contributed by atoms with van der Waals surface area (Å²) in [5, 5.41) is 19.2. The molecule has 1 aliphatic heterocycles. The highest BCUT2D eigenvalue weighted by atomic mass is 19.4. The van der Waals surface area contributed by atoms with Gasteiger partial charge in [-0.05, 0) is 59.7 Å². The van der Waals surface area contributed by atoms with Gasteiger partial charge in [0.15, 0.2) is 18.0 Å². The third-order valence-electron chi connectivity index (χ3n) is 9.94. The molecule has 0 unspecified atom stereocenters. The number of carbonyl (C=O) groups excluding carboxylic acids is 3. The molecular weight excluding hydrogens is 788 g/mol. The number of methoxy groups -OCH3 is 1. The van der Waals surface area contributed by atoms with Gasteiger partial charge in [-0.15, -0.1) is 0 Å². The number of halogens is 4. The molecule has 1 fully saturated rings. The Morgan fingerprint density at radius 1 is 0.750 bits per heavy atom. The van der Waals surface area contributed by atoms with Crippen LogP contribution in [0.3, 0.4) is 0 Å². The summed E-state index contributed by atoms with van der Waals surface area (Å²) in [6.45, 7) is -0.907. The van der Waals surface area contributed by atoms with Crippen LogP contribution in [0.4, 0.5) is 17.6 Å². The number of ether oxygens (including phenoxy) is 5. The Hall–Kier alpha value is -6.84. The van der Waals surface area contributed by atoms with Crippen molar-refractivity contribution < 1.29 is 60.7 Å². The van der Waals surface area contributed by atoms with Crippen molar-refractivity contribution in [3.05, 3.63) is 179 Å². The fourth-order valence-electron chi connectivity index (χ4n) is 7.10. The van der Waals surface area contributed by atoms with Crippen LogP contribution in [-0.2, 0) is 37.1 Å². The average Bonchev–Trinajstić information content (AvgIpc) is 3.73. The van der Waals surface area contributed by atoms with Crippen LogP contribution in [0.25, 0.3) is 11.1 Å². The summed E-state index contributed by atoms with van der Waals surface area (Å²) >= 11 is 0. The molecule has 0 aliphatic carbocycles. The van der Waals surface area contributed by atoms with E-state index in [1.54, 1.807) is 48.5 Å². The third-order valence-corrected chi connectivity index (χ3v) is 9.94. The molecule has 7 rings (SSSR count). The quantitative estimate of drug-likeness (QED) is 0.0710. The number of alkyl halides is 4. The Labute approximate surface area is 340 Å². The second kappa shape index (κ2) is 17.2. The van der Waals surface area contributed by atoms with Crippen LogP contribution in [0.5, 0.6) is 5.75 Å². The van der Waals surface area contributed by atoms with Crippen molar-refractivity contribution in [1.82, 2.24) is 10.2 Å². The van der Waals surface area contributed by atoms with E-state index in [0.717, 1.165) is 0 Å². The van der Waals surface area contributed by atoms with Gasteiger partial charge < -0.3 is 28.8 Å². The lowest BCUT2D eigenvalue weighted by molar-refractivity contribution is -0.385. The standard InChI is InChI=1S/C45H36F4N2O9/c1-56-33-24-22-29(23-25-33)35-37(50-51-38(35)45(47,48)49)44(60-42(54)32-20-12-5-13-21-32)39(58-41(53)31-18-10-4-11-19-31)36(46)34(27-57-40(52)30-16-8-3-9-17-30)59-43(44,55)26-28-14-6-2-7-15-28/h2-25,34,36,39,55H,26-27H2,1H3,(H,50,51)/t34-,36-,39+,43-,44-/m1/s1. The molecule has 0 saturated carbocycles. The van der Waals surface area contributed by atoms with Crippen LogP contribution in [0.1, 0.15) is 48.0 Å². The van der Waals surface area contributed by atoms with Crippen molar-refractivity contribution in [1.29, 1.82) is 0 Å². The summed E-state index contributed by atoms with van der Waals surface area (Å²) in [5.41, 5.74) is -6.62. The number of benzene rings is 5. The lowest BCUT2D eigenvalue weighted by atomic mass is 9.73. The molecule has 60 heavy (non-hydrogen) atoms. The molecule has 0 radical (unpaired) electrons. The number of carbonyl (C=O) groups is 3. The number of hydrogen-bond donors (Lipinski definition) is 2. The topological polar surface area (TPSA) is 146 Å². The predicted octanol–water partition coefficient (Wildman–Crippen LogP) is 7.91. The second-order valence-electron chi connectivity index (χ2n) is 13.7. The van der Waals surface area contributed by atoms with Gasteiger partial charge in [0.1, 0.15) is 18.5 Å². The van der Waals surface area contributed by atoms with Crippen LogP contribution < -0.4 is 4.74 Å². The van der Waals surface area contributed by atoms with Crippen molar-refractivity contribution in [2.45, 2.75) is 42.4 Å². The summed E-state index contributed by atoms with van der Waals surface area (Å²) in [7, 11) is 1.35. The van der Waals surface area contributed by atoms with Gasteiger partial charge in [-0.3, -0.25) is 5.10 Å². The number of aliphatic hydroxyl groups is 1. The summed E-state index contributed by atoms with van der Waals surface area (Å²) < 4.78 is 92.3. The zero-order chi connectivity index (χ0) is 42.5. The first-order valence-corrected chi connectivity index (χ1v) is 18.5. The maximum absolute atomic E-state index is 17.9. The molecule has 1 saturated heterocycles. The monoisotopic (exact) mass is 824 g/mol. The van der Waals surface area contributed by atoms with Gasteiger partial charge in [-0.1, -0.05) is 97.1 Å². The molecule has 308 valence electrons. The molecule has 1 aliphatic rings. The molecule has 5 aromatic carbocycles. The minimum absolute atomic E-state index is 0.0859. The zero-order valence-electron chi connectivity index (χ0n) is 31.7. The largest absolute Gasteiger partial charge is 0.497 e.